The van der Waals surface area contributed by atoms with Gasteiger partial charge in [-0.1, -0.05) is 0 Å². The van der Waals surface area contributed by atoms with Crippen LogP contribution >= 0.6 is 0 Å². The van der Waals surface area contributed by atoms with Gasteiger partial charge in [-0.05, 0) is 19.8 Å². The second-order valence-electron chi connectivity index (χ2n) is 4.97. The largest absolute Gasteiger partial charge is 0.389 e. The van der Waals surface area contributed by atoms with Crippen LogP contribution in [-0.2, 0) is 14.8 Å². The van der Waals surface area contributed by atoms with Gasteiger partial charge in [-0.2, -0.15) is 0 Å². The molecule has 0 saturated carbocycles. The Morgan fingerprint density at radius 1 is 1.28 bits per heavy atom. The summed E-state index contributed by atoms with van der Waals surface area (Å²) in [5.74, 6) is 0.0962. The molecule has 1 amide bonds. The third kappa shape index (κ3) is 2.67. The zero-order valence-electron chi connectivity index (χ0n) is 10.6. The minimum atomic E-state index is -3.12. The fraction of sp³-hybridized carbons (Fsp3) is 0.909. The maximum atomic E-state index is 12.0. The lowest BCUT2D eigenvalue weighted by Gasteiger charge is -2.40. The number of carbonyl (C=O) groups excluding carboxylic acids is 1. The van der Waals surface area contributed by atoms with Crippen LogP contribution in [0.4, 0.5) is 0 Å². The molecule has 18 heavy (non-hydrogen) atoms. The molecule has 2 fully saturated rings. The minimum absolute atomic E-state index is 0.0637. The smallest absolute Gasteiger partial charge is 0.225 e. The number of likely N-dealkylation sites (tertiary alicyclic amines) is 1. The fourth-order valence-electron chi connectivity index (χ4n) is 2.46. The number of β-amino-alcohol motifs (C(OH)–C–C–N with tert-alkyl or cyclic N) is 1. The van der Waals surface area contributed by atoms with Crippen molar-refractivity contribution in [1.82, 2.24) is 9.21 Å². The Morgan fingerprint density at radius 3 is 2.28 bits per heavy atom. The highest BCUT2D eigenvalue weighted by Gasteiger charge is 2.36. The number of aliphatic hydroxyl groups is 1. The molecule has 0 aliphatic carbocycles. The third-order valence-corrected chi connectivity index (χ3v) is 5.62. The van der Waals surface area contributed by atoms with E-state index in [0.717, 1.165) is 0 Å². The first-order valence-corrected chi connectivity index (χ1v) is 7.99. The number of sulfonamides is 1. The molecule has 2 rings (SSSR count). The highest BCUT2D eigenvalue weighted by Crippen LogP contribution is 2.23. The molecule has 1 N–H and O–H groups in total. The molecule has 104 valence electrons. The molecule has 2 saturated heterocycles. The molecule has 2 heterocycles. The van der Waals surface area contributed by atoms with Crippen molar-refractivity contribution in [2.45, 2.75) is 25.9 Å². The van der Waals surface area contributed by atoms with Crippen LogP contribution < -0.4 is 0 Å². The number of rotatable bonds is 3. The average Bonchev–Trinajstić information content (AvgIpc) is 2.34. The fourth-order valence-corrected chi connectivity index (χ4v) is 3.59. The van der Waals surface area contributed by atoms with Gasteiger partial charge in [-0.25, -0.2) is 12.7 Å². The van der Waals surface area contributed by atoms with Gasteiger partial charge in [0.05, 0.1) is 11.9 Å². The molecule has 0 aromatic rings. The van der Waals surface area contributed by atoms with E-state index in [-0.39, 0.29) is 23.7 Å². The maximum absolute atomic E-state index is 12.0. The molecule has 0 atom stereocenters. The van der Waals surface area contributed by atoms with Crippen molar-refractivity contribution in [3.05, 3.63) is 0 Å². The highest BCUT2D eigenvalue weighted by atomic mass is 32.2. The summed E-state index contributed by atoms with van der Waals surface area (Å²) in [6.45, 7) is 3.35. The van der Waals surface area contributed by atoms with Gasteiger partial charge in [0.15, 0.2) is 0 Å². The van der Waals surface area contributed by atoms with Gasteiger partial charge in [0.1, 0.15) is 0 Å². The van der Waals surface area contributed by atoms with Crippen LogP contribution in [0.5, 0.6) is 0 Å². The average molecular weight is 276 g/mol. The Bertz CT molecular complexity index is 409. The number of aliphatic hydroxyl groups excluding tert-OH is 1. The van der Waals surface area contributed by atoms with E-state index in [9.17, 15) is 13.2 Å². The van der Waals surface area contributed by atoms with Gasteiger partial charge in [0, 0.05) is 32.1 Å². The SMILES string of the molecule is CCS(=O)(=O)N1CCC(C(=O)N2CC(O)C2)CC1. The van der Waals surface area contributed by atoms with Crippen molar-refractivity contribution in [2.24, 2.45) is 5.92 Å². The van der Waals surface area contributed by atoms with Gasteiger partial charge in [0.2, 0.25) is 15.9 Å². The zero-order valence-corrected chi connectivity index (χ0v) is 11.4. The van der Waals surface area contributed by atoms with Crippen molar-refractivity contribution < 1.29 is 18.3 Å². The Morgan fingerprint density at radius 2 is 1.83 bits per heavy atom. The third-order valence-electron chi connectivity index (χ3n) is 3.74. The Balaban J connectivity index is 1.85. The van der Waals surface area contributed by atoms with Gasteiger partial charge in [-0.15, -0.1) is 0 Å². The monoisotopic (exact) mass is 276 g/mol. The lowest BCUT2D eigenvalue weighted by Crippen LogP contribution is -2.56. The molecular formula is C11H20N2O4S. The van der Waals surface area contributed by atoms with E-state index in [4.69, 9.17) is 5.11 Å². The van der Waals surface area contributed by atoms with Crippen molar-refractivity contribution >= 4 is 15.9 Å². The molecule has 0 aromatic carbocycles. The lowest BCUT2D eigenvalue weighted by molar-refractivity contribution is -0.146. The van der Waals surface area contributed by atoms with Crippen LogP contribution in [0.25, 0.3) is 0 Å². The van der Waals surface area contributed by atoms with Gasteiger partial charge >= 0.3 is 0 Å². The Kier molecular flexibility index (Phi) is 3.93. The summed E-state index contributed by atoms with van der Waals surface area (Å²) in [6.07, 6.45) is 0.796. The molecule has 0 spiro atoms. The zero-order chi connectivity index (χ0) is 13.3. The molecule has 7 heteroatoms. The van der Waals surface area contributed by atoms with E-state index in [1.165, 1.54) is 4.31 Å². The van der Waals surface area contributed by atoms with Crippen molar-refractivity contribution in [3.63, 3.8) is 0 Å². The molecule has 2 aliphatic heterocycles. The molecule has 6 nitrogen and oxygen atoms in total. The second-order valence-corrected chi connectivity index (χ2v) is 7.23. The van der Waals surface area contributed by atoms with E-state index in [2.05, 4.69) is 0 Å². The predicted octanol–water partition coefficient (Wildman–Crippen LogP) is -0.749. The Hall–Kier alpha value is -0.660. The van der Waals surface area contributed by atoms with Crippen molar-refractivity contribution in [3.8, 4) is 0 Å². The number of amides is 1. The van der Waals surface area contributed by atoms with Crippen LogP contribution in [0, 0.1) is 5.92 Å². The molecule has 0 bridgehead atoms. The summed E-state index contributed by atoms with van der Waals surface area (Å²) in [6, 6.07) is 0. The van der Waals surface area contributed by atoms with E-state index in [0.29, 0.717) is 39.0 Å². The molecule has 0 unspecified atom stereocenters. The van der Waals surface area contributed by atoms with E-state index >= 15 is 0 Å². The van der Waals surface area contributed by atoms with Gasteiger partial charge < -0.3 is 10.0 Å². The summed E-state index contributed by atoms with van der Waals surface area (Å²) in [5.41, 5.74) is 0. The van der Waals surface area contributed by atoms with Gasteiger partial charge in [-0.3, -0.25) is 4.79 Å². The lowest BCUT2D eigenvalue weighted by atomic mass is 9.95. The quantitative estimate of drug-likeness (QED) is 0.736. The van der Waals surface area contributed by atoms with Crippen molar-refractivity contribution in [1.29, 1.82) is 0 Å². The van der Waals surface area contributed by atoms with E-state index in [1.54, 1.807) is 11.8 Å². The summed E-state index contributed by atoms with van der Waals surface area (Å²) in [7, 11) is -3.12. The maximum Gasteiger partial charge on any atom is 0.225 e. The standard InChI is InChI=1S/C11H20N2O4S/c1-2-18(16,17)13-5-3-9(4-6-13)11(15)12-7-10(14)8-12/h9-10,14H,2-8H2,1H3. The first-order valence-electron chi connectivity index (χ1n) is 6.38. The summed E-state index contributed by atoms with van der Waals surface area (Å²) >= 11 is 0. The van der Waals surface area contributed by atoms with E-state index < -0.39 is 10.0 Å². The van der Waals surface area contributed by atoms with E-state index in [1.807, 2.05) is 0 Å². The number of piperidine rings is 1. The number of nitrogens with zero attached hydrogens (tertiary/aromatic N) is 2. The molecule has 2 aliphatic rings. The number of hydrogen-bond acceptors (Lipinski definition) is 4. The second kappa shape index (κ2) is 5.14. The number of hydrogen-bond donors (Lipinski definition) is 1. The van der Waals surface area contributed by atoms with Gasteiger partial charge in [0.25, 0.3) is 0 Å². The van der Waals surface area contributed by atoms with Crippen molar-refractivity contribution in [2.75, 3.05) is 31.9 Å². The summed E-state index contributed by atoms with van der Waals surface area (Å²) in [5, 5.41) is 9.16. The van der Waals surface area contributed by atoms with Crippen LogP contribution in [0.3, 0.4) is 0 Å². The summed E-state index contributed by atoms with van der Waals surface area (Å²) in [4.78, 5) is 13.7. The highest BCUT2D eigenvalue weighted by molar-refractivity contribution is 7.89. The Labute approximate surface area is 108 Å². The van der Waals surface area contributed by atoms with Crippen LogP contribution in [-0.4, -0.2) is 66.7 Å². The topological polar surface area (TPSA) is 77.9 Å². The molecule has 0 radical (unpaired) electrons. The first kappa shape index (κ1) is 13.8. The minimum Gasteiger partial charge on any atom is -0.389 e. The first-order chi connectivity index (χ1) is 8.44. The number of carbonyl (C=O) groups is 1. The predicted molar refractivity (Wildman–Crippen MR) is 66.3 cm³/mol. The van der Waals surface area contributed by atoms with Crippen LogP contribution in [0.1, 0.15) is 19.8 Å². The normalized spacial score (nSPS) is 24.0. The summed E-state index contributed by atoms with van der Waals surface area (Å²) < 4.78 is 24.8. The van der Waals surface area contributed by atoms with Crippen LogP contribution in [0.15, 0.2) is 0 Å². The molecule has 0 aromatic heterocycles. The van der Waals surface area contributed by atoms with Crippen LogP contribution in [0.2, 0.25) is 0 Å². The molecular weight excluding hydrogens is 256 g/mol.